The zero-order valence-electron chi connectivity index (χ0n) is 18.4. The van der Waals surface area contributed by atoms with Gasteiger partial charge in [0.05, 0.1) is 12.3 Å². The summed E-state index contributed by atoms with van der Waals surface area (Å²) in [6.07, 6.45) is 7.54. The van der Waals surface area contributed by atoms with Gasteiger partial charge in [-0.05, 0) is 73.2 Å². The van der Waals surface area contributed by atoms with Gasteiger partial charge in [-0.15, -0.1) is 11.3 Å². The van der Waals surface area contributed by atoms with Gasteiger partial charge in [0.1, 0.15) is 10.8 Å². The number of hydrogen-bond acceptors (Lipinski definition) is 7. The van der Waals surface area contributed by atoms with Crippen LogP contribution < -0.4 is 20.1 Å². The molecule has 1 aliphatic carbocycles. The number of aromatic nitrogens is 1. The molecule has 0 saturated carbocycles. The van der Waals surface area contributed by atoms with E-state index in [1.165, 1.54) is 16.7 Å². The van der Waals surface area contributed by atoms with Gasteiger partial charge in [0.15, 0.2) is 17.3 Å². The molecule has 1 atom stereocenters. The highest BCUT2D eigenvalue weighted by Gasteiger charge is 2.30. The van der Waals surface area contributed by atoms with Crippen molar-refractivity contribution >= 4 is 28.1 Å². The third kappa shape index (κ3) is 3.90. The van der Waals surface area contributed by atoms with Crippen molar-refractivity contribution in [1.82, 2.24) is 4.98 Å². The summed E-state index contributed by atoms with van der Waals surface area (Å²) in [5.74, 6) is 2.24. The molecular formula is C26H23N3O4S. The van der Waals surface area contributed by atoms with Gasteiger partial charge in [-0.25, -0.2) is 4.98 Å². The molecule has 0 radical (unpaired) electrons. The molecule has 0 saturated heterocycles. The number of benzene rings is 1. The number of fused-ring (bicyclic) bond motifs is 2. The van der Waals surface area contributed by atoms with Crippen LogP contribution in [0.25, 0.3) is 0 Å². The van der Waals surface area contributed by atoms with Crippen LogP contribution in [0, 0.1) is 0 Å². The number of hydrogen-bond donors (Lipinski definition) is 2. The second-order valence-corrected chi connectivity index (χ2v) is 9.40. The summed E-state index contributed by atoms with van der Waals surface area (Å²) in [5, 5.41) is 7.57. The van der Waals surface area contributed by atoms with Gasteiger partial charge in [0.2, 0.25) is 6.79 Å². The lowest BCUT2D eigenvalue weighted by molar-refractivity contribution is 0.0997. The van der Waals surface area contributed by atoms with Gasteiger partial charge in [-0.3, -0.25) is 4.79 Å². The first-order valence-corrected chi connectivity index (χ1v) is 12.1. The third-order valence-electron chi connectivity index (χ3n) is 6.16. The number of aryl methyl sites for hydroxylation is 1. The summed E-state index contributed by atoms with van der Waals surface area (Å²) in [6, 6.07) is 14.9. The van der Waals surface area contributed by atoms with E-state index in [4.69, 9.17) is 13.9 Å². The van der Waals surface area contributed by atoms with Crippen molar-refractivity contribution < 1.29 is 18.7 Å². The molecule has 1 aromatic carbocycles. The number of nitrogens with one attached hydrogen (secondary N) is 2. The van der Waals surface area contributed by atoms with Crippen LogP contribution in [0.5, 0.6) is 11.5 Å². The lowest BCUT2D eigenvalue weighted by Gasteiger charge is -2.24. The molecule has 0 fully saturated rings. The van der Waals surface area contributed by atoms with Crippen LogP contribution in [0.4, 0.5) is 10.8 Å². The molecule has 0 unspecified atom stereocenters. The Hall–Kier alpha value is -3.78. The minimum atomic E-state index is -0.257. The van der Waals surface area contributed by atoms with Crippen molar-refractivity contribution in [2.24, 2.45) is 0 Å². The maximum atomic E-state index is 12.9. The molecule has 4 aromatic rings. The van der Waals surface area contributed by atoms with Crippen molar-refractivity contribution in [3.63, 3.8) is 0 Å². The average Bonchev–Trinajstić information content (AvgIpc) is 3.63. The van der Waals surface area contributed by atoms with E-state index in [0.29, 0.717) is 0 Å². The van der Waals surface area contributed by atoms with Crippen molar-refractivity contribution in [2.75, 3.05) is 17.4 Å². The summed E-state index contributed by atoms with van der Waals surface area (Å²) < 4.78 is 16.5. The van der Waals surface area contributed by atoms with Crippen LogP contribution >= 0.6 is 11.3 Å². The molecule has 7 nitrogen and oxygen atoms in total. The third-order valence-corrected chi connectivity index (χ3v) is 7.38. The predicted molar refractivity (Wildman–Crippen MR) is 130 cm³/mol. The number of anilines is 2. The number of pyridine rings is 1. The van der Waals surface area contributed by atoms with Crippen molar-refractivity contribution in [1.29, 1.82) is 0 Å². The number of amides is 1. The molecule has 6 rings (SSSR count). The molecule has 0 bridgehead atoms. The van der Waals surface area contributed by atoms with Crippen LogP contribution in [-0.2, 0) is 12.8 Å². The number of nitrogens with zero attached hydrogens (tertiary/aromatic N) is 1. The van der Waals surface area contributed by atoms with E-state index >= 15 is 0 Å². The number of ether oxygens (including phenoxy) is 2. The highest BCUT2D eigenvalue weighted by atomic mass is 32.1. The first kappa shape index (κ1) is 20.8. The number of carbonyl (C=O) groups excluding carboxylic acids is 1. The molecule has 1 aliphatic heterocycles. The Balaban J connectivity index is 1.47. The van der Waals surface area contributed by atoms with E-state index in [0.717, 1.165) is 59.1 Å². The van der Waals surface area contributed by atoms with E-state index < -0.39 is 0 Å². The van der Waals surface area contributed by atoms with E-state index in [-0.39, 0.29) is 24.5 Å². The topological polar surface area (TPSA) is 85.6 Å². The van der Waals surface area contributed by atoms with Crippen molar-refractivity contribution in [2.45, 2.75) is 31.7 Å². The lowest BCUT2D eigenvalue weighted by Crippen LogP contribution is -2.18. The second-order valence-electron chi connectivity index (χ2n) is 8.29. The van der Waals surface area contributed by atoms with E-state index in [1.807, 2.05) is 36.4 Å². The first-order valence-electron chi connectivity index (χ1n) is 11.3. The first-order chi connectivity index (χ1) is 16.8. The Morgan fingerprint density at radius 2 is 1.94 bits per heavy atom. The van der Waals surface area contributed by atoms with Crippen LogP contribution in [0.2, 0.25) is 0 Å². The summed E-state index contributed by atoms with van der Waals surface area (Å²) in [5.41, 5.74) is 3.38. The normalized spacial score (nSPS) is 14.9. The molecule has 34 heavy (non-hydrogen) atoms. The molecular weight excluding hydrogens is 450 g/mol. The van der Waals surface area contributed by atoms with E-state index in [2.05, 4.69) is 15.6 Å². The van der Waals surface area contributed by atoms with Crippen molar-refractivity contribution in [3.05, 3.63) is 88.3 Å². The van der Waals surface area contributed by atoms with Crippen molar-refractivity contribution in [3.8, 4) is 11.5 Å². The van der Waals surface area contributed by atoms with Crippen LogP contribution in [-0.4, -0.2) is 17.7 Å². The van der Waals surface area contributed by atoms with Crippen LogP contribution in [0.3, 0.4) is 0 Å². The smallest absolute Gasteiger partial charge is 0.291 e. The molecule has 172 valence electrons. The fourth-order valence-electron chi connectivity index (χ4n) is 4.57. The maximum absolute atomic E-state index is 12.9. The Morgan fingerprint density at radius 1 is 1.03 bits per heavy atom. The molecule has 8 heteroatoms. The summed E-state index contributed by atoms with van der Waals surface area (Å²) in [4.78, 5) is 18.8. The number of furan rings is 1. The Labute approximate surface area is 200 Å². The largest absolute Gasteiger partial charge is 0.459 e. The lowest BCUT2D eigenvalue weighted by atomic mass is 9.89. The fraction of sp³-hybridized carbons (Fsp3) is 0.231. The quantitative estimate of drug-likeness (QED) is 0.368. The van der Waals surface area contributed by atoms with Crippen LogP contribution in [0.15, 0.2) is 65.4 Å². The predicted octanol–water partition coefficient (Wildman–Crippen LogP) is 5.80. The average molecular weight is 474 g/mol. The summed E-state index contributed by atoms with van der Waals surface area (Å²) in [6.45, 7) is 0.218. The minimum Gasteiger partial charge on any atom is -0.459 e. The highest BCUT2D eigenvalue weighted by molar-refractivity contribution is 7.16. The summed E-state index contributed by atoms with van der Waals surface area (Å²) >= 11 is 1.66. The van der Waals surface area contributed by atoms with Crippen LogP contribution in [0.1, 0.15) is 51.0 Å². The van der Waals surface area contributed by atoms with E-state index in [1.54, 1.807) is 29.7 Å². The zero-order valence-corrected chi connectivity index (χ0v) is 19.2. The maximum Gasteiger partial charge on any atom is 0.291 e. The molecule has 3 aromatic heterocycles. The zero-order chi connectivity index (χ0) is 22.9. The van der Waals surface area contributed by atoms with Gasteiger partial charge in [0.25, 0.3) is 5.91 Å². The van der Waals surface area contributed by atoms with Gasteiger partial charge in [0, 0.05) is 16.6 Å². The van der Waals surface area contributed by atoms with Gasteiger partial charge in [-0.2, -0.15) is 0 Å². The van der Waals surface area contributed by atoms with E-state index in [9.17, 15) is 4.79 Å². The molecule has 2 aliphatic rings. The standard InChI is InChI=1S/C26H23N3O4S/c30-25(19-7-5-13-31-19)29-26-23(17-6-1-2-8-21(17)34-26)24(28-22-9-3-4-12-27-22)16-10-11-18-20(14-16)33-15-32-18/h3-5,7,9-14,24H,1-2,6,8,15H2,(H,27,28)(H,29,30)/t24-/m1/s1. The van der Waals surface area contributed by atoms with Gasteiger partial charge < -0.3 is 24.5 Å². The molecule has 1 amide bonds. The monoisotopic (exact) mass is 473 g/mol. The SMILES string of the molecule is O=C(Nc1sc2c(c1[C@H](Nc1ccccn1)c1ccc3c(c1)OCO3)CCCC2)c1ccco1. The number of carbonyl (C=O) groups is 1. The number of rotatable bonds is 6. The Kier molecular flexibility index (Phi) is 5.43. The molecule has 2 N–H and O–H groups in total. The fourth-order valence-corrected chi connectivity index (χ4v) is 5.89. The Bertz CT molecular complexity index is 1320. The Morgan fingerprint density at radius 3 is 2.79 bits per heavy atom. The van der Waals surface area contributed by atoms with Gasteiger partial charge in [-0.1, -0.05) is 12.1 Å². The highest BCUT2D eigenvalue weighted by Crippen LogP contribution is 2.46. The molecule has 4 heterocycles. The molecule has 0 spiro atoms. The number of thiophene rings is 1. The van der Waals surface area contributed by atoms with Gasteiger partial charge >= 0.3 is 0 Å². The second kappa shape index (κ2) is 8.87. The summed E-state index contributed by atoms with van der Waals surface area (Å²) in [7, 11) is 0. The minimum absolute atomic E-state index is 0.218.